The molecular weight excluding hydrogens is 394 g/mol. The van der Waals surface area contributed by atoms with E-state index in [-0.39, 0.29) is 12.2 Å². The van der Waals surface area contributed by atoms with Gasteiger partial charge in [0, 0.05) is 37.0 Å². The van der Waals surface area contributed by atoms with Crippen molar-refractivity contribution in [2.24, 2.45) is 0 Å². The summed E-state index contributed by atoms with van der Waals surface area (Å²) in [5.74, 6) is -0.132. The summed E-state index contributed by atoms with van der Waals surface area (Å²) in [7, 11) is 0. The van der Waals surface area contributed by atoms with E-state index in [4.69, 9.17) is 14.2 Å². The molecule has 0 radical (unpaired) electrons. The lowest BCUT2D eigenvalue weighted by molar-refractivity contribution is -0.134. The van der Waals surface area contributed by atoms with E-state index in [0.717, 1.165) is 0 Å². The van der Waals surface area contributed by atoms with Gasteiger partial charge in [0.05, 0.1) is 11.9 Å². The van der Waals surface area contributed by atoms with Gasteiger partial charge >= 0.3 is 12.2 Å². The number of amides is 2. The van der Waals surface area contributed by atoms with Gasteiger partial charge < -0.3 is 19.3 Å². The average Bonchev–Trinajstić information content (AvgIpc) is 3.16. The lowest BCUT2D eigenvalue weighted by atomic mass is 10.1. The Kier molecular flexibility index (Phi) is 7.84. The number of aromatic amines is 1. The van der Waals surface area contributed by atoms with Gasteiger partial charge in [0.1, 0.15) is 11.9 Å². The number of hydrogen-bond donors (Lipinski definition) is 2. The Bertz CT molecular complexity index is 844. The van der Waals surface area contributed by atoms with E-state index in [2.05, 4.69) is 20.2 Å². The van der Waals surface area contributed by atoms with Crippen molar-refractivity contribution in [1.29, 1.82) is 0 Å². The number of hydrogen-bond acceptors (Lipinski definition) is 8. The lowest BCUT2D eigenvalue weighted by Gasteiger charge is -2.26. The second-order valence-corrected chi connectivity index (χ2v) is 7.15. The SMILES string of the molecule is CCOC(Cc1c(-c2cn[nH]c2)ncnc1N(C(=O)O)C(=O)OC(C)(C)C)OCC. The van der Waals surface area contributed by atoms with Crippen LogP contribution in [0.25, 0.3) is 11.3 Å². The molecule has 2 aromatic heterocycles. The number of carbonyl (C=O) groups is 2. The summed E-state index contributed by atoms with van der Waals surface area (Å²) in [5.41, 5.74) is 0.437. The summed E-state index contributed by atoms with van der Waals surface area (Å²) in [6.07, 6.45) is 1.12. The topological polar surface area (TPSA) is 140 Å². The highest BCUT2D eigenvalue weighted by atomic mass is 16.7. The molecule has 11 heteroatoms. The molecule has 0 aliphatic carbocycles. The smallest absolute Gasteiger partial charge is 0.425 e. The second kappa shape index (κ2) is 10.1. The molecule has 2 aromatic rings. The van der Waals surface area contributed by atoms with Crippen LogP contribution in [0, 0.1) is 0 Å². The Morgan fingerprint density at radius 3 is 2.37 bits per heavy atom. The molecule has 0 atom stereocenters. The highest BCUT2D eigenvalue weighted by Gasteiger charge is 2.33. The molecule has 0 spiro atoms. The molecular formula is C19H27N5O6. The number of rotatable bonds is 8. The van der Waals surface area contributed by atoms with Crippen LogP contribution in [-0.4, -0.2) is 62.6 Å². The Labute approximate surface area is 174 Å². The molecule has 0 saturated heterocycles. The summed E-state index contributed by atoms with van der Waals surface area (Å²) in [5, 5.41) is 16.4. The van der Waals surface area contributed by atoms with Gasteiger partial charge in [-0.25, -0.2) is 19.6 Å². The van der Waals surface area contributed by atoms with Crippen LogP contribution in [0.5, 0.6) is 0 Å². The third kappa shape index (κ3) is 5.97. The number of carboxylic acid groups (broad SMARTS) is 1. The van der Waals surface area contributed by atoms with Crippen LogP contribution in [0.2, 0.25) is 0 Å². The first kappa shape index (κ1) is 23.2. The third-order valence-electron chi connectivity index (χ3n) is 3.75. The molecule has 2 rings (SSSR count). The maximum atomic E-state index is 12.7. The molecule has 164 valence electrons. The van der Waals surface area contributed by atoms with Crippen molar-refractivity contribution in [3.63, 3.8) is 0 Å². The number of nitrogens with one attached hydrogen (secondary N) is 1. The molecule has 11 nitrogen and oxygen atoms in total. The van der Waals surface area contributed by atoms with Gasteiger partial charge in [-0.2, -0.15) is 10.00 Å². The molecule has 0 aliphatic rings. The van der Waals surface area contributed by atoms with Gasteiger partial charge in [-0.05, 0) is 34.6 Å². The van der Waals surface area contributed by atoms with Crippen LogP contribution in [-0.2, 0) is 20.6 Å². The predicted octanol–water partition coefficient (Wildman–Crippen LogP) is 3.23. The minimum absolute atomic E-state index is 0.102. The number of imide groups is 1. The van der Waals surface area contributed by atoms with Crippen molar-refractivity contribution in [2.75, 3.05) is 18.1 Å². The first-order chi connectivity index (χ1) is 14.2. The number of H-pyrrole nitrogens is 1. The van der Waals surface area contributed by atoms with E-state index in [1.807, 2.05) is 13.8 Å². The van der Waals surface area contributed by atoms with Crippen LogP contribution < -0.4 is 4.90 Å². The van der Waals surface area contributed by atoms with Crippen molar-refractivity contribution < 1.29 is 28.9 Å². The number of nitrogens with zero attached hydrogens (tertiary/aromatic N) is 4. The maximum absolute atomic E-state index is 12.7. The molecule has 0 aliphatic heterocycles. The van der Waals surface area contributed by atoms with E-state index in [1.54, 1.807) is 27.0 Å². The van der Waals surface area contributed by atoms with Crippen molar-refractivity contribution in [3.05, 3.63) is 24.3 Å². The molecule has 0 bridgehead atoms. The van der Waals surface area contributed by atoms with Crippen LogP contribution in [0.15, 0.2) is 18.7 Å². The Balaban J connectivity index is 2.60. The average molecular weight is 421 g/mol. The molecule has 0 unspecified atom stereocenters. The lowest BCUT2D eigenvalue weighted by Crippen LogP contribution is -2.41. The zero-order valence-electron chi connectivity index (χ0n) is 17.7. The first-order valence-corrected chi connectivity index (χ1v) is 9.50. The number of carbonyl (C=O) groups excluding carboxylic acids is 1. The number of ether oxygens (including phenoxy) is 3. The van der Waals surface area contributed by atoms with Crippen LogP contribution in [0.3, 0.4) is 0 Å². The summed E-state index contributed by atoms with van der Waals surface area (Å²) in [6, 6.07) is 0. The highest BCUT2D eigenvalue weighted by Crippen LogP contribution is 2.30. The van der Waals surface area contributed by atoms with E-state index in [0.29, 0.717) is 34.9 Å². The molecule has 2 N–H and O–H groups in total. The predicted molar refractivity (Wildman–Crippen MR) is 107 cm³/mol. The highest BCUT2D eigenvalue weighted by molar-refractivity contribution is 6.08. The summed E-state index contributed by atoms with van der Waals surface area (Å²) < 4.78 is 16.5. The molecule has 0 saturated carbocycles. The third-order valence-corrected chi connectivity index (χ3v) is 3.75. The van der Waals surface area contributed by atoms with Crippen molar-refractivity contribution in [3.8, 4) is 11.3 Å². The molecule has 2 heterocycles. The van der Waals surface area contributed by atoms with Crippen molar-refractivity contribution in [2.45, 2.75) is 52.9 Å². The monoisotopic (exact) mass is 421 g/mol. The van der Waals surface area contributed by atoms with E-state index < -0.39 is 24.1 Å². The van der Waals surface area contributed by atoms with E-state index in [9.17, 15) is 14.7 Å². The largest absolute Gasteiger partial charge is 0.464 e. The van der Waals surface area contributed by atoms with Crippen LogP contribution in [0.1, 0.15) is 40.2 Å². The minimum Gasteiger partial charge on any atom is -0.464 e. The van der Waals surface area contributed by atoms with E-state index >= 15 is 0 Å². The van der Waals surface area contributed by atoms with Crippen LogP contribution in [0.4, 0.5) is 15.4 Å². The van der Waals surface area contributed by atoms with Gasteiger partial charge in [-0.3, -0.25) is 5.10 Å². The zero-order valence-corrected chi connectivity index (χ0v) is 17.7. The molecule has 0 fully saturated rings. The number of aromatic nitrogens is 4. The van der Waals surface area contributed by atoms with Gasteiger partial charge in [0.15, 0.2) is 12.1 Å². The normalized spacial score (nSPS) is 11.5. The fourth-order valence-corrected chi connectivity index (χ4v) is 2.68. The van der Waals surface area contributed by atoms with Gasteiger partial charge in [-0.1, -0.05) is 0 Å². The van der Waals surface area contributed by atoms with Crippen molar-refractivity contribution in [1.82, 2.24) is 20.2 Å². The van der Waals surface area contributed by atoms with Crippen molar-refractivity contribution >= 4 is 18.0 Å². The standard InChI is InChI=1S/C19H27N5O6/c1-6-28-14(29-7-2)8-13-15(12-9-22-23-10-12)20-11-21-16(13)24(17(25)26)18(27)30-19(3,4)5/h9-11,14H,6-8H2,1-5H3,(H,22,23)(H,25,26). The minimum atomic E-state index is -1.54. The van der Waals surface area contributed by atoms with Crippen LogP contribution >= 0.6 is 0 Å². The van der Waals surface area contributed by atoms with E-state index in [1.165, 1.54) is 12.5 Å². The molecule has 30 heavy (non-hydrogen) atoms. The first-order valence-electron chi connectivity index (χ1n) is 9.50. The summed E-state index contributed by atoms with van der Waals surface area (Å²) >= 11 is 0. The second-order valence-electron chi connectivity index (χ2n) is 7.15. The maximum Gasteiger partial charge on any atom is 0.425 e. The number of anilines is 1. The molecule has 0 aromatic carbocycles. The summed E-state index contributed by atoms with van der Waals surface area (Å²) in [6.45, 7) is 9.31. The van der Waals surface area contributed by atoms with Gasteiger partial charge in [-0.15, -0.1) is 0 Å². The zero-order chi connectivity index (χ0) is 22.3. The summed E-state index contributed by atoms with van der Waals surface area (Å²) in [4.78, 5) is 33.5. The van der Waals surface area contributed by atoms with Gasteiger partial charge in [0.2, 0.25) is 0 Å². The quantitative estimate of drug-likeness (QED) is 0.615. The fourth-order valence-electron chi connectivity index (χ4n) is 2.68. The van der Waals surface area contributed by atoms with Gasteiger partial charge in [0.25, 0.3) is 0 Å². The Morgan fingerprint density at radius 1 is 1.20 bits per heavy atom. The Morgan fingerprint density at radius 2 is 1.87 bits per heavy atom. The molecule has 2 amide bonds. The fraction of sp³-hybridized carbons (Fsp3) is 0.526. The Hall–Kier alpha value is -3.05.